The number of hydrogen-bond donors (Lipinski definition) is 3. The van der Waals surface area contributed by atoms with Crippen molar-refractivity contribution in [2.75, 3.05) is 0 Å². The summed E-state index contributed by atoms with van der Waals surface area (Å²) in [6.45, 7) is 1.77. The molecule has 0 unspecified atom stereocenters. The second-order valence-corrected chi connectivity index (χ2v) is 3.58. The van der Waals surface area contributed by atoms with Crippen molar-refractivity contribution in [1.82, 2.24) is 20.3 Å². The number of carbonyl (C=O) groups is 2. The average molecular weight is 232 g/mol. The van der Waals surface area contributed by atoms with Crippen LogP contribution in [0.5, 0.6) is 0 Å². The highest BCUT2D eigenvalue weighted by Crippen LogP contribution is 2.04. The maximum Gasteiger partial charge on any atom is 0.268 e. The molecule has 6 nitrogen and oxygen atoms in total. The number of nitrogens with zero attached hydrogens (tertiary/aromatic N) is 1. The van der Waals surface area contributed by atoms with Crippen LogP contribution >= 0.6 is 0 Å². The minimum Gasteiger partial charge on any atom is -0.356 e. The van der Waals surface area contributed by atoms with Gasteiger partial charge in [-0.05, 0) is 13.0 Å². The summed E-state index contributed by atoms with van der Waals surface area (Å²) in [7, 11) is 0. The van der Waals surface area contributed by atoms with Crippen molar-refractivity contribution >= 4 is 11.7 Å². The molecule has 0 aliphatic carbocycles. The van der Waals surface area contributed by atoms with Crippen LogP contribution in [0.3, 0.4) is 0 Å². The van der Waals surface area contributed by atoms with Crippen LogP contribution in [0.15, 0.2) is 24.7 Å². The Hall–Kier alpha value is -2.37. The van der Waals surface area contributed by atoms with Gasteiger partial charge in [0.1, 0.15) is 11.5 Å². The van der Waals surface area contributed by atoms with Gasteiger partial charge in [0.05, 0.1) is 6.54 Å². The summed E-state index contributed by atoms with van der Waals surface area (Å²) in [4.78, 5) is 32.4. The molecule has 1 amide bonds. The fourth-order valence-corrected chi connectivity index (χ4v) is 1.38. The van der Waals surface area contributed by atoms with Crippen LogP contribution in [-0.2, 0) is 6.54 Å². The number of hydrogen-bond acceptors (Lipinski definition) is 3. The van der Waals surface area contributed by atoms with Gasteiger partial charge < -0.3 is 15.3 Å². The minimum atomic E-state index is -0.270. The largest absolute Gasteiger partial charge is 0.356 e. The van der Waals surface area contributed by atoms with Gasteiger partial charge in [-0.3, -0.25) is 9.59 Å². The predicted octanol–water partition coefficient (Wildman–Crippen LogP) is 0.870. The molecule has 6 heteroatoms. The molecule has 2 heterocycles. The maximum atomic E-state index is 11.7. The Morgan fingerprint density at radius 2 is 2.24 bits per heavy atom. The first kappa shape index (κ1) is 11.1. The Labute approximate surface area is 97.5 Å². The number of H-pyrrole nitrogens is 2. The predicted molar refractivity (Wildman–Crippen MR) is 60.6 cm³/mol. The molecule has 0 atom stereocenters. The molecular formula is C11H12N4O2. The summed E-state index contributed by atoms with van der Waals surface area (Å²) >= 11 is 0. The number of aromatic amines is 2. The van der Waals surface area contributed by atoms with E-state index in [2.05, 4.69) is 20.3 Å². The van der Waals surface area contributed by atoms with Crippen molar-refractivity contribution < 1.29 is 9.59 Å². The van der Waals surface area contributed by atoms with Crippen molar-refractivity contribution in [3.8, 4) is 0 Å². The zero-order valence-corrected chi connectivity index (χ0v) is 9.28. The molecule has 0 aromatic carbocycles. The van der Waals surface area contributed by atoms with Gasteiger partial charge in [0.15, 0.2) is 5.78 Å². The number of rotatable bonds is 4. The summed E-state index contributed by atoms with van der Waals surface area (Å²) in [5, 5.41) is 2.68. The molecule has 0 radical (unpaired) electrons. The summed E-state index contributed by atoms with van der Waals surface area (Å²) in [6.07, 6.45) is 4.82. The van der Waals surface area contributed by atoms with Crippen LogP contribution in [0.4, 0.5) is 0 Å². The third-order valence-corrected chi connectivity index (χ3v) is 2.31. The third-order valence-electron chi connectivity index (χ3n) is 2.31. The number of imidazole rings is 1. The van der Waals surface area contributed by atoms with Gasteiger partial charge in [0, 0.05) is 24.2 Å². The Kier molecular flexibility index (Phi) is 3.04. The van der Waals surface area contributed by atoms with Crippen molar-refractivity contribution in [1.29, 1.82) is 0 Å². The van der Waals surface area contributed by atoms with E-state index >= 15 is 0 Å². The molecule has 2 rings (SSSR count). The number of aromatic nitrogens is 3. The highest BCUT2D eigenvalue weighted by molar-refractivity contribution is 5.98. The lowest BCUT2D eigenvalue weighted by molar-refractivity contribution is 0.0945. The molecular weight excluding hydrogens is 220 g/mol. The Morgan fingerprint density at radius 1 is 1.41 bits per heavy atom. The third kappa shape index (κ3) is 2.60. The lowest BCUT2D eigenvalue weighted by Gasteiger charge is -2.00. The second-order valence-electron chi connectivity index (χ2n) is 3.58. The van der Waals surface area contributed by atoms with Crippen molar-refractivity contribution in [2.24, 2.45) is 0 Å². The fourth-order valence-electron chi connectivity index (χ4n) is 1.38. The molecule has 2 aromatic heterocycles. The Balaban J connectivity index is 1.97. The monoisotopic (exact) mass is 232 g/mol. The standard InChI is InChI=1S/C11H12N4O2/c1-7(16)8-4-9(14-5-8)11(17)15-6-10-12-2-3-13-10/h2-5,14H,6H2,1H3,(H,12,13)(H,15,17). The van der Waals surface area contributed by atoms with Crippen LogP contribution in [0.25, 0.3) is 0 Å². The van der Waals surface area contributed by atoms with Crippen LogP contribution < -0.4 is 5.32 Å². The molecule has 3 N–H and O–H groups in total. The van der Waals surface area contributed by atoms with Crippen LogP contribution in [0.2, 0.25) is 0 Å². The molecule has 0 fully saturated rings. The van der Waals surface area contributed by atoms with E-state index in [9.17, 15) is 9.59 Å². The summed E-state index contributed by atoms with van der Waals surface area (Å²) in [5.41, 5.74) is 0.856. The van der Waals surface area contributed by atoms with Gasteiger partial charge in [-0.15, -0.1) is 0 Å². The molecule has 0 aliphatic heterocycles. The molecule has 0 saturated heterocycles. The molecule has 17 heavy (non-hydrogen) atoms. The van der Waals surface area contributed by atoms with E-state index in [4.69, 9.17) is 0 Å². The molecule has 0 aliphatic rings. The first-order valence-electron chi connectivity index (χ1n) is 5.12. The number of nitrogens with one attached hydrogen (secondary N) is 3. The first-order chi connectivity index (χ1) is 8.16. The van der Waals surface area contributed by atoms with E-state index in [-0.39, 0.29) is 11.7 Å². The van der Waals surface area contributed by atoms with Gasteiger partial charge in [0.2, 0.25) is 0 Å². The minimum absolute atomic E-state index is 0.0775. The van der Waals surface area contributed by atoms with E-state index in [0.29, 0.717) is 23.6 Å². The van der Waals surface area contributed by atoms with Gasteiger partial charge in [0.25, 0.3) is 5.91 Å². The van der Waals surface area contributed by atoms with Crippen molar-refractivity contribution in [3.05, 3.63) is 41.7 Å². The van der Waals surface area contributed by atoms with E-state index in [1.807, 2.05) is 0 Å². The summed E-state index contributed by atoms with van der Waals surface area (Å²) in [6, 6.07) is 1.53. The number of carbonyl (C=O) groups excluding carboxylic acids is 2. The van der Waals surface area contributed by atoms with E-state index in [1.165, 1.54) is 19.2 Å². The molecule has 0 bridgehead atoms. The lowest BCUT2D eigenvalue weighted by atomic mass is 10.2. The van der Waals surface area contributed by atoms with Gasteiger partial charge in [-0.25, -0.2) is 4.98 Å². The van der Waals surface area contributed by atoms with E-state index in [1.54, 1.807) is 12.4 Å². The highest BCUT2D eigenvalue weighted by Gasteiger charge is 2.10. The number of Topliss-reactive ketones (excluding diaryl/α,β-unsaturated/α-hetero) is 1. The van der Waals surface area contributed by atoms with Crippen molar-refractivity contribution in [2.45, 2.75) is 13.5 Å². The molecule has 2 aromatic rings. The van der Waals surface area contributed by atoms with Gasteiger partial charge >= 0.3 is 0 Å². The second kappa shape index (κ2) is 4.65. The van der Waals surface area contributed by atoms with E-state index < -0.39 is 0 Å². The molecule has 88 valence electrons. The summed E-state index contributed by atoms with van der Waals surface area (Å²) < 4.78 is 0. The Bertz CT molecular complexity index is 527. The molecule has 0 saturated carbocycles. The van der Waals surface area contributed by atoms with Gasteiger partial charge in [-0.2, -0.15) is 0 Å². The zero-order valence-electron chi connectivity index (χ0n) is 9.28. The average Bonchev–Trinajstić information content (AvgIpc) is 2.96. The number of ketones is 1. The van der Waals surface area contributed by atoms with Crippen LogP contribution in [0.1, 0.15) is 33.6 Å². The topological polar surface area (TPSA) is 90.6 Å². The zero-order chi connectivity index (χ0) is 12.3. The van der Waals surface area contributed by atoms with Crippen LogP contribution in [-0.4, -0.2) is 26.6 Å². The first-order valence-corrected chi connectivity index (χ1v) is 5.12. The number of amides is 1. The molecule has 0 spiro atoms. The normalized spacial score (nSPS) is 10.2. The SMILES string of the molecule is CC(=O)c1c[nH]c(C(=O)NCc2ncc[nH]2)c1. The van der Waals surface area contributed by atoms with Crippen molar-refractivity contribution in [3.63, 3.8) is 0 Å². The lowest BCUT2D eigenvalue weighted by Crippen LogP contribution is -2.23. The smallest absolute Gasteiger partial charge is 0.268 e. The fraction of sp³-hybridized carbons (Fsp3) is 0.182. The quantitative estimate of drug-likeness (QED) is 0.683. The van der Waals surface area contributed by atoms with Gasteiger partial charge in [-0.1, -0.05) is 0 Å². The maximum absolute atomic E-state index is 11.7. The van der Waals surface area contributed by atoms with Crippen LogP contribution in [0, 0.1) is 0 Å². The highest BCUT2D eigenvalue weighted by atomic mass is 16.2. The van der Waals surface area contributed by atoms with E-state index in [0.717, 1.165) is 0 Å². The Morgan fingerprint density at radius 3 is 2.82 bits per heavy atom. The summed E-state index contributed by atoms with van der Waals surface area (Å²) in [5.74, 6) is 0.330.